The van der Waals surface area contributed by atoms with Crippen LogP contribution in [0.25, 0.3) is 0 Å². The SMILES string of the molecule is COC(=O)CN(C)C(=O)c1cn(CCN)nn1. The lowest BCUT2D eigenvalue weighted by Crippen LogP contribution is -2.32. The van der Waals surface area contributed by atoms with Crippen molar-refractivity contribution in [2.45, 2.75) is 6.54 Å². The van der Waals surface area contributed by atoms with Crippen LogP contribution in [0.3, 0.4) is 0 Å². The molecule has 0 bridgehead atoms. The summed E-state index contributed by atoms with van der Waals surface area (Å²) in [6.45, 7) is 0.773. The molecule has 1 aromatic rings. The maximum absolute atomic E-state index is 11.8. The van der Waals surface area contributed by atoms with Crippen LogP contribution in [0, 0.1) is 0 Å². The summed E-state index contributed by atoms with van der Waals surface area (Å²) in [6, 6.07) is 0. The molecule has 94 valence electrons. The molecule has 0 saturated carbocycles. The summed E-state index contributed by atoms with van der Waals surface area (Å²) in [5, 5.41) is 7.43. The van der Waals surface area contributed by atoms with E-state index in [2.05, 4.69) is 15.0 Å². The third-order valence-corrected chi connectivity index (χ3v) is 2.06. The number of rotatable bonds is 5. The van der Waals surface area contributed by atoms with E-state index in [-0.39, 0.29) is 12.2 Å². The molecule has 8 heteroatoms. The molecule has 0 aliphatic heterocycles. The molecule has 0 saturated heterocycles. The first-order valence-corrected chi connectivity index (χ1v) is 5.01. The molecule has 8 nitrogen and oxygen atoms in total. The summed E-state index contributed by atoms with van der Waals surface area (Å²) >= 11 is 0. The molecule has 0 unspecified atom stereocenters. The fourth-order valence-electron chi connectivity index (χ4n) is 1.16. The van der Waals surface area contributed by atoms with Crippen molar-refractivity contribution < 1.29 is 14.3 Å². The molecule has 0 aliphatic carbocycles. The van der Waals surface area contributed by atoms with Gasteiger partial charge in [-0.25, -0.2) is 0 Å². The van der Waals surface area contributed by atoms with Gasteiger partial charge in [-0.05, 0) is 0 Å². The average molecular weight is 241 g/mol. The van der Waals surface area contributed by atoms with E-state index in [4.69, 9.17) is 5.73 Å². The Morgan fingerprint density at radius 1 is 1.59 bits per heavy atom. The number of nitrogens with two attached hydrogens (primary N) is 1. The van der Waals surface area contributed by atoms with Gasteiger partial charge in [0.25, 0.3) is 5.91 Å². The van der Waals surface area contributed by atoms with E-state index in [1.165, 1.54) is 29.9 Å². The average Bonchev–Trinajstić information content (AvgIpc) is 2.76. The zero-order valence-corrected chi connectivity index (χ0v) is 9.79. The Bertz CT molecular complexity index is 403. The van der Waals surface area contributed by atoms with Crippen molar-refractivity contribution in [1.82, 2.24) is 19.9 Å². The molecule has 1 aromatic heterocycles. The fourth-order valence-corrected chi connectivity index (χ4v) is 1.16. The lowest BCUT2D eigenvalue weighted by Gasteiger charge is -2.13. The highest BCUT2D eigenvalue weighted by molar-refractivity contribution is 5.93. The number of likely N-dealkylation sites (N-methyl/N-ethyl adjacent to an activating group) is 1. The molecular formula is C9H15N5O3. The lowest BCUT2D eigenvalue weighted by molar-refractivity contribution is -0.141. The van der Waals surface area contributed by atoms with Crippen LogP contribution >= 0.6 is 0 Å². The largest absolute Gasteiger partial charge is 0.468 e. The van der Waals surface area contributed by atoms with Crippen LogP contribution in [-0.2, 0) is 16.1 Å². The van der Waals surface area contributed by atoms with Crippen molar-refractivity contribution in [3.8, 4) is 0 Å². The van der Waals surface area contributed by atoms with Crippen LogP contribution in [0.1, 0.15) is 10.5 Å². The van der Waals surface area contributed by atoms with Gasteiger partial charge in [-0.15, -0.1) is 5.10 Å². The molecule has 2 N–H and O–H groups in total. The number of esters is 1. The highest BCUT2D eigenvalue weighted by Gasteiger charge is 2.18. The summed E-state index contributed by atoms with van der Waals surface area (Å²) in [5.41, 5.74) is 5.52. The summed E-state index contributed by atoms with van der Waals surface area (Å²) in [6.07, 6.45) is 1.49. The Balaban J connectivity index is 2.64. The van der Waals surface area contributed by atoms with Crippen molar-refractivity contribution >= 4 is 11.9 Å². The van der Waals surface area contributed by atoms with Gasteiger partial charge < -0.3 is 15.4 Å². The number of carbonyl (C=O) groups is 2. The molecule has 0 aromatic carbocycles. The van der Waals surface area contributed by atoms with E-state index in [9.17, 15) is 9.59 Å². The Hall–Kier alpha value is -1.96. The highest BCUT2D eigenvalue weighted by atomic mass is 16.5. The standard InChI is InChI=1S/C9H15N5O3/c1-13(6-8(15)17-2)9(16)7-5-14(4-3-10)12-11-7/h5H,3-4,6,10H2,1-2H3. The zero-order chi connectivity index (χ0) is 12.8. The van der Waals surface area contributed by atoms with Gasteiger partial charge in [-0.1, -0.05) is 5.21 Å². The van der Waals surface area contributed by atoms with Crippen LogP contribution in [0.4, 0.5) is 0 Å². The summed E-state index contributed by atoms with van der Waals surface area (Å²) in [5.74, 6) is -0.881. The first-order chi connectivity index (χ1) is 8.08. The number of aromatic nitrogens is 3. The topological polar surface area (TPSA) is 103 Å². The molecule has 1 heterocycles. The number of nitrogens with zero attached hydrogens (tertiary/aromatic N) is 4. The smallest absolute Gasteiger partial charge is 0.325 e. The van der Waals surface area contributed by atoms with Gasteiger partial charge in [0, 0.05) is 13.6 Å². The molecule has 1 rings (SSSR count). The molecule has 0 aliphatic rings. The number of methoxy groups -OCH3 is 1. The maximum Gasteiger partial charge on any atom is 0.325 e. The van der Waals surface area contributed by atoms with Gasteiger partial charge in [0.05, 0.1) is 19.9 Å². The van der Waals surface area contributed by atoms with E-state index in [0.29, 0.717) is 13.1 Å². The predicted octanol–water partition coefficient (Wildman–Crippen LogP) is -1.52. The molecule has 0 atom stereocenters. The first-order valence-electron chi connectivity index (χ1n) is 5.01. The second-order valence-corrected chi connectivity index (χ2v) is 3.39. The minimum Gasteiger partial charge on any atom is -0.468 e. The van der Waals surface area contributed by atoms with Gasteiger partial charge in [-0.2, -0.15) is 0 Å². The Morgan fingerprint density at radius 2 is 2.29 bits per heavy atom. The van der Waals surface area contributed by atoms with Crippen LogP contribution in [0.2, 0.25) is 0 Å². The fraction of sp³-hybridized carbons (Fsp3) is 0.556. The van der Waals surface area contributed by atoms with Gasteiger partial charge in [0.15, 0.2) is 5.69 Å². The van der Waals surface area contributed by atoms with E-state index in [1.807, 2.05) is 0 Å². The van der Waals surface area contributed by atoms with Gasteiger partial charge in [-0.3, -0.25) is 14.3 Å². The van der Waals surface area contributed by atoms with E-state index >= 15 is 0 Å². The number of ether oxygens (including phenoxy) is 1. The maximum atomic E-state index is 11.8. The third kappa shape index (κ3) is 3.52. The summed E-state index contributed by atoms with van der Waals surface area (Å²) in [7, 11) is 2.75. The van der Waals surface area contributed by atoms with Gasteiger partial charge in [0.2, 0.25) is 0 Å². The monoisotopic (exact) mass is 241 g/mol. The van der Waals surface area contributed by atoms with E-state index < -0.39 is 11.9 Å². The minimum absolute atomic E-state index is 0.126. The zero-order valence-electron chi connectivity index (χ0n) is 9.79. The van der Waals surface area contributed by atoms with Gasteiger partial charge in [0.1, 0.15) is 6.54 Å². The molecule has 17 heavy (non-hydrogen) atoms. The van der Waals surface area contributed by atoms with Crippen LogP contribution < -0.4 is 5.73 Å². The van der Waals surface area contributed by atoms with Crippen LogP contribution in [0.15, 0.2) is 6.20 Å². The quantitative estimate of drug-likeness (QED) is 0.628. The number of amides is 1. The highest BCUT2D eigenvalue weighted by Crippen LogP contribution is 1.99. The Labute approximate surface area is 98.3 Å². The number of hydrogen-bond donors (Lipinski definition) is 1. The Morgan fingerprint density at radius 3 is 2.88 bits per heavy atom. The second-order valence-electron chi connectivity index (χ2n) is 3.39. The lowest BCUT2D eigenvalue weighted by atomic mass is 10.4. The number of hydrogen-bond acceptors (Lipinski definition) is 6. The van der Waals surface area contributed by atoms with Crippen molar-refractivity contribution in [2.24, 2.45) is 5.73 Å². The summed E-state index contributed by atoms with van der Waals surface area (Å²) in [4.78, 5) is 24.0. The second kappa shape index (κ2) is 5.94. The van der Waals surface area contributed by atoms with Crippen LogP contribution in [-0.4, -0.2) is 59.0 Å². The Kier molecular flexibility index (Phi) is 4.58. The predicted molar refractivity (Wildman–Crippen MR) is 58.1 cm³/mol. The third-order valence-electron chi connectivity index (χ3n) is 2.06. The molecule has 0 spiro atoms. The van der Waals surface area contributed by atoms with E-state index in [1.54, 1.807) is 0 Å². The molecule has 1 amide bonds. The normalized spacial score (nSPS) is 10.1. The molecule has 0 radical (unpaired) electrons. The van der Waals surface area contributed by atoms with Crippen molar-refractivity contribution in [3.63, 3.8) is 0 Å². The molecular weight excluding hydrogens is 226 g/mol. The van der Waals surface area contributed by atoms with Crippen molar-refractivity contribution in [2.75, 3.05) is 27.2 Å². The minimum atomic E-state index is -0.491. The van der Waals surface area contributed by atoms with Crippen molar-refractivity contribution in [3.05, 3.63) is 11.9 Å². The van der Waals surface area contributed by atoms with Crippen molar-refractivity contribution in [1.29, 1.82) is 0 Å². The molecule has 0 fully saturated rings. The summed E-state index contributed by atoms with van der Waals surface area (Å²) < 4.78 is 5.93. The van der Waals surface area contributed by atoms with Gasteiger partial charge >= 0.3 is 5.97 Å². The van der Waals surface area contributed by atoms with E-state index in [0.717, 1.165) is 0 Å². The number of carbonyl (C=O) groups excluding carboxylic acids is 2. The first kappa shape index (κ1) is 13.1. The van der Waals surface area contributed by atoms with Crippen LogP contribution in [0.5, 0.6) is 0 Å².